The number of carbonyl (C=O) groups excluding carboxylic acids is 2. The Balaban J connectivity index is 0.00000248. The van der Waals surface area contributed by atoms with E-state index in [0.29, 0.717) is 17.8 Å². The number of Topliss-reactive ketones (excluding diaryl/α,β-unsaturated/α-hetero) is 1. The van der Waals surface area contributed by atoms with Crippen molar-refractivity contribution in [1.29, 1.82) is 0 Å². The number of para-hydroxylation sites is 1. The van der Waals surface area contributed by atoms with Crippen LogP contribution in [0.25, 0.3) is 22.4 Å². The molecule has 3 aromatic carbocycles. The smallest absolute Gasteiger partial charge is 0.258 e. The van der Waals surface area contributed by atoms with Gasteiger partial charge in [-0.05, 0) is 73.2 Å². The third kappa shape index (κ3) is 8.70. The number of ketones is 1. The van der Waals surface area contributed by atoms with Crippen LogP contribution in [0.3, 0.4) is 0 Å². The fraction of sp³-hybridized carbons (Fsp3) is 0.314. The lowest BCUT2D eigenvalue weighted by molar-refractivity contribution is -0.119. The molecule has 8 heteroatoms. The second-order valence-electron chi connectivity index (χ2n) is 10.7. The first-order valence-electron chi connectivity index (χ1n) is 14.4. The fourth-order valence-electron chi connectivity index (χ4n) is 5.33. The molecule has 43 heavy (non-hydrogen) atoms. The van der Waals surface area contributed by atoms with Gasteiger partial charge in [-0.3, -0.25) is 9.59 Å². The summed E-state index contributed by atoms with van der Waals surface area (Å²) in [5.74, 6) is -0.853. The van der Waals surface area contributed by atoms with Gasteiger partial charge >= 0.3 is 0 Å². The molecular weight excluding hydrogens is 547 g/mol. The van der Waals surface area contributed by atoms with E-state index in [2.05, 4.69) is 5.32 Å². The van der Waals surface area contributed by atoms with Crippen LogP contribution in [0.15, 0.2) is 84.9 Å². The molecule has 228 valence electrons. The number of anilines is 1. The number of aliphatic hydroxyl groups is 3. The fourth-order valence-corrected chi connectivity index (χ4v) is 5.33. The molecular formula is C35H41FN2O5. The number of rotatable bonds is 12. The molecule has 0 fully saturated rings. The lowest BCUT2D eigenvalue weighted by Crippen LogP contribution is -2.22. The normalized spacial score (nSPS) is 12.3. The summed E-state index contributed by atoms with van der Waals surface area (Å²) < 4.78 is 16.1. The van der Waals surface area contributed by atoms with Crippen molar-refractivity contribution in [3.63, 3.8) is 0 Å². The Labute approximate surface area is 252 Å². The van der Waals surface area contributed by atoms with Crippen LogP contribution >= 0.6 is 0 Å². The minimum absolute atomic E-state index is 0.0133. The van der Waals surface area contributed by atoms with Crippen molar-refractivity contribution in [2.24, 2.45) is 0 Å². The monoisotopic (exact) mass is 588 g/mol. The SMILES string of the molecule is CC(=O)C[C@H](O)C[C@H](O)CCn1c(-c2ccc(F)cc2)c(-c2ccccc2)c(C(=O)Nc2ccccc2)c1C(C)C.CO. The zero-order chi connectivity index (χ0) is 31.5. The maximum absolute atomic E-state index is 14.1. The Bertz CT molecular complexity index is 1470. The molecule has 0 bridgehead atoms. The molecule has 0 aliphatic rings. The Kier molecular flexibility index (Phi) is 12.4. The van der Waals surface area contributed by atoms with E-state index in [1.165, 1.54) is 19.1 Å². The molecule has 0 radical (unpaired) electrons. The number of amides is 1. The minimum atomic E-state index is -0.930. The van der Waals surface area contributed by atoms with E-state index in [4.69, 9.17) is 5.11 Å². The van der Waals surface area contributed by atoms with E-state index >= 15 is 0 Å². The lowest BCUT2D eigenvalue weighted by atomic mass is 9.94. The molecule has 1 aromatic heterocycles. The Hall–Kier alpha value is -4.11. The first-order valence-corrected chi connectivity index (χ1v) is 14.4. The molecule has 0 spiro atoms. The summed E-state index contributed by atoms with van der Waals surface area (Å²) in [5.41, 5.74) is 5.00. The van der Waals surface area contributed by atoms with E-state index in [0.717, 1.165) is 35.2 Å². The van der Waals surface area contributed by atoms with Crippen molar-refractivity contribution >= 4 is 17.4 Å². The quantitative estimate of drug-likeness (QED) is 0.153. The zero-order valence-corrected chi connectivity index (χ0v) is 25.1. The highest BCUT2D eigenvalue weighted by Crippen LogP contribution is 2.42. The molecule has 7 nitrogen and oxygen atoms in total. The Morgan fingerprint density at radius 2 is 1.42 bits per heavy atom. The molecule has 4 N–H and O–H groups in total. The summed E-state index contributed by atoms with van der Waals surface area (Å²) in [4.78, 5) is 25.5. The van der Waals surface area contributed by atoms with E-state index in [9.17, 15) is 24.2 Å². The second kappa shape index (κ2) is 15.9. The molecule has 0 saturated carbocycles. The summed E-state index contributed by atoms with van der Waals surface area (Å²) in [7, 11) is 1.00. The zero-order valence-electron chi connectivity index (χ0n) is 25.1. The average Bonchev–Trinajstić information content (AvgIpc) is 3.33. The first kappa shape index (κ1) is 33.4. The largest absolute Gasteiger partial charge is 0.400 e. The molecule has 1 heterocycles. The summed E-state index contributed by atoms with van der Waals surface area (Å²) in [6.07, 6.45) is -1.46. The van der Waals surface area contributed by atoms with Crippen LogP contribution in [0, 0.1) is 5.82 Å². The van der Waals surface area contributed by atoms with Crippen molar-refractivity contribution in [1.82, 2.24) is 4.57 Å². The number of halogens is 1. The number of benzene rings is 3. The van der Waals surface area contributed by atoms with Gasteiger partial charge in [0, 0.05) is 37.0 Å². The van der Waals surface area contributed by atoms with Gasteiger partial charge < -0.3 is 25.2 Å². The second-order valence-corrected chi connectivity index (χ2v) is 10.7. The van der Waals surface area contributed by atoms with Crippen molar-refractivity contribution < 1.29 is 29.3 Å². The van der Waals surface area contributed by atoms with Crippen LogP contribution in [0.4, 0.5) is 10.1 Å². The predicted octanol–water partition coefficient (Wildman–Crippen LogP) is 6.43. The van der Waals surface area contributed by atoms with Gasteiger partial charge in [0.05, 0.1) is 23.5 Å². The number of aliphatic hydroxyl groups excluding tert-OH is 3. The van der Waals surface area contributed by atoms with E-state index in [-0.39, 0.29) is 42.7 Å². The summed E-state index contributed by atoms with van der Waals surface area (Å²) in [5, 5.41) is 31.1. The summed E-state index contributed by atoms with van der Waals surface area (Å²) >= 11 is 0. The number of hydrogen-bond donors (Lipinski definition) is 4. The van der Waals surface area contributed by atoms with Crippen LogP contribution in [0.2, 0.25) is 0 Å². The number of aromatic nitrogens is 1. The van der Waals surface area contributed by atoms with Crippen LogP contribution in [-0.2, 0) is 11.3 Å². The molecule has 0 saturated heterocycles. The number of hydrogen-bond acceptors (Lipinski definition) is 5. The molecule has 0 aliphatic carbocycles. The number of nitrogens with zero attached hydrogens (tertiary/aromatic N) is 1. The van der Waals surface area contributed by atoms with Gasteiger partial charge in [0.15, 0.2) is 0 Å². The summed E-state index contributed by atoms with van der Waals surface area (Å²) in [6, 6.07) is 25.1. The molecule has 2 atom stereocenters. The standard InChI is InChI=1S/C34H37FN2O4.CH4O/c1-22(2)32-31(34(41)36-27-12-8-5-9-13-27)30(24-10-6-4-7-11-24)33(25-14-16-26(35)17-15-25)37(32)19-18-28(39)21-29(40)20-23(3)38;1-2/h4-17,22,28-29,39-40H,18-21H2,1-3H3,(H,36,41);2H,1H3/t28-,29+;/m1./s1. The van der Waals surface area contributed by atoms with Crippen molar-refractivity contribution in [2.75, 3.05) is 12.4 Å². The molecule has 1 amide bonds. The van der Waals surface area contributed by atoms with Crippen LogP contribution in [0.5, 0.6) is 0 Å². The van der Waals surface area contributed by atoms with Crippen LogP contribution in [-0.4, -0.2) is 50.9 Å². The van der Waals surface area contributed by atoms with Crippen molar-refractivity contribution in [3.8, 4) is 22.4 Å². The number of carbonyl (C=O) groups is 2. The van der Waals surface area contributed by atoms with Gasteiger partial charge in [0.2, 0.25) is 0 Å². The molecule has 0 unspecified atom stereocenters. The minimum Gasteiger partial charge on any atom is -0.400 e. The summed E-state index contributed by atoms with van der Waals surface area (Å²) in [6.45, 7) is 5.78. The van der Waals surface area contributed by atoms with E-state index in [1.807, 2.05) is 79.1 Å². The molecule has 4 aromatic rings. The topological polar surface area (TPSA) is 112 Å². The molecule has 0 aliphatic heterocycles. The number of nitrogens with one attached hydrogen (secondary N) is 1. The first-order chi connectivity index (χ1) is 20.7. The maximum atomic E-state index is 14.1. The average molecular weight is 589 g/mol. The van der Waals surface area contributed by atoms with Crippen LogP contribution in [0.1, 0.15) is 62.0 Å². The van der Waals surface area contributed by atoms with Gasteiger partial charge in [0.1, 0.15) is 11.6 Å². The third-order valence-electron chi connectivity index (χ3n) is 7.04. The van der Waals surface area contributed by atoms with Crippen molar-refractivity contribution in [3.05, 3.63) is 102 Å². The third-order valence-corrected chi connectivity index (χ3v) is 7.04. The van der Waals surface area contributed by atoms with Gasteiger partial charge in [0.25, 0.3) is 5.91 Å². The van der Waals surface area contributed by atoms with E-state index in [1.54, 1.807) is 12.1 Å². The van der Waals surface area contributed by atoms with Crippen LogP contribution < -0.4 is 5.32 Å². The predicted molar refractivity (Wildman–Crippen MR) is 168 cm³/mol. The Morgan fingerprint density at radius 1 is 0.837 bits per heavy atom. The Morgan fingerprint density at radius 3 is 1.98 bits per heavy atom. The van der Waals surface area contributed by atoms with Gasteiger partial charge in [-0.15, -0.1) is 0 Å². The van der Waals surface area contributed by atoms with Gasteiger partial charge in [-0.1, -0.05) is 62.4 Å². The lowest BCUT2D eigenvalue weighted by Gasteiger charge is -2.20. The van der Waals surface area contributed by atoms with Crippen molar-refractivity contribution in [2.45, 2.75) is 64.7 Å². The van der Waals surface area contributed by atoms with E-state index < -0.39 is 12.2 Å². The highest BCUT2D eigenvalue weighted by Gasteiger charge is 2.30. The highest BCUT2D eigenvalue weighted by molar-refractivity contribution is 6.12. The maximum Gasteiger partial charge on any atom is 0.258 e. The highest BCUT2D eigenvalue weighted by atomic mass is 19.1. The van der Waals surface area contributed by atoms with Gasteiger partial charge in [-0.25, -0.2) is 4.39 Å². The van der Waals surface area contributed by atoms with Gasteiger partial charge in [-0.2, -0.15) is 0 Å². The molecule has 4 rings (SSSR count).